The first-order valence-electron chi connectivity index (χ1n) is 10.2. The van der Waals surface area contributed by atoms with Crippen LogP contribution in [0.2, 0.25) is 0 Å². The van der Waals surface area contributed by atoms with E-state index in [0.717, 1.165) is 31.0 Å². The predicted molar refractivity (Wildman–Crippen MR) is 108 cm³/mol. The van der Waals surface area contributed by atoms with E-state index in [2.05, 4.69) is 18.7 Å². The van der Waals surface area contributed by atoms with Gasteiger partial charge in [-0.3, -0.25) is 9.69 Å². The van der Waals surface area contributed by atoms with Crippen molar-refractivity contribution in [1.29, 1.82) is 0 Å². The van der Waals surface area contributed by atoms with Gasteiger partial charge in [-0.2, -0.15) is 0 Å². The van der Waals surface area contributed by atoms with Crippen LogP contribution in [0, 0.1) is 17.7 Å². The fourth-order valence-corrected chi connectivity index (χ4v) is 4.12. The average molecular weight is 387 g/mol. The van der Waals surface area contributed by atoms with Gasteiger partial charge in [0.05, 0.1) is 12.8 Å². The number of likely N-dealkylation sites (tertiary alicyclic amines) is 1. The number of benzene rings is 1. The van der Waals surface area contributed by atoms with Gasteiger partial charge in [0.2, 0.25) is 5.91 Å². The normalized spacial score (nSPS) is 20.2. The van der Waals surface area contributed by atoms with Crippen LogP contribution in [-0.2, 0) is 11.3 Å². The molecule has 3 rings (SSSR count). The SMILES string of the molecule is CC(C)C(=O)N(CC1CN(Cc2ccco2)CC1c1ccc(F)cc1)C(C)C. The molecule has 2 atom stereocenters. The average Bonchev–Trinajstić information content (AvgIpc) is 3.29. The summed E-state index contributed by atoms with van der Waals surface area (Å²) in [7, 11) is 0. The summed E-state index contributed by atoms with van der Waals surface area (Å²) in [5.41, 5.74) is 1.13. The lowest BCUT2D eigenvalue weighted by molar-refractivity contribution is -0.136. The van der Waals surface area contributed by atoms with Gasteiger partial charge in [-0.15, -0.1) is 0 Å². The third kappa shape index (κ3) is 4.82. The standard InChI is InChI=1S/C23H31FN2O2/c1-16(2)23(27)26(17(3)4)13-19-12-25(14-21-6-5-11-28-21)15-22(19)18-7-9-20(24)10-8-18/h5-11,16-17,19,22H,12-15H2,1-4H3. The molecular weight excluding hydrogens is 355 g/mol. The number of hydrogen-bond acceptors (Lipinski definition) is 3. The second-order valence-corrected chi connectivity index (χ2v) is 8.43. The summed E-state index contributed by atoms with van der Waals surface area (Å²) in [5.74, 6) is 1.45. The monoisotopic (exact) mass is 386 g/mol. The number of rotatable bonds is 7. The summed E-state index contributed by atoms with van der Waals surface area (Å²) >= 11 is 0. The first kappa shape index (κ1) is 20.6. The number of amides is 1. The number of halogens is 1. The van der Waals surface area contributed by atoms with E-state index in [1.54, 1.807) is 6.26 Å². The summed E-state index contributed by atoms with van der Waals surface area (Å²) in [4.78, 5) is 17.1. The van der Waals surface area contributed by atoms with Gasteiger partial charge in [0.1, 0.15) is 11.6 Å². The summed E-state index contributed by atoms with van der Waals surface area (Å²) in [5, 5.41) is 0. The topological polar surface area (TPSA) is 36.7 Å². The molecule has 0 aliphatic carbocycles. The van der Waals surface area contributed by atoms with Gasteiger partial charge >= 0.3 is 0 Å². The molecule has 0 saturated carbocycles. The van der Waals surface area contributed by atoms with Crippen molar-refractivity contribution in [3.05, 3.63) is 59.8 Å². The van der Waals surface area contributed by atoms with Crippen LogP contribution in [0.5, 0.6) is 0 Å². The molecule has 28 heavy (non-hydrogen) atoms. The third-order valence-corrected chi connectivity index (χ3v) is 5.61. The molecule has 0 radical (unpaired) electrons. The molecule has 1 aromatic carbocycles. The van der Waals surface area contributed by atoms with Crippen molar-refractivity contribution in [2.45, 2.75) is 46.2 Å². The van der Waals surface area contributed by atoms with E-state index >= 15 is 0 Å². The molecule has 1 amide bonds. The van der Waals surface area contributed by atoms with E-state index in [1.807, 2.05) is 43.0 Å². The van der Waals surface area contributed by atoms with Gasteiger partial charge in [0.25, 0.3) is 0 Å². The molecular formula is C23H31FN2O2. The first-order chi connectivity index (χ1) is 13.3. The van der Waals surface area contributed by atoms with Gasteiger partial charge in [0.15, 0.2) is 0 Å². The maximum absolute atomic E-state index is 13.4. The zero-order valence-electron chi connectivity index (χ0n) is 17.3. The molecule has 5 heteroatoms. The molecule has 0 bridgehead atoms. The van der Waals surface area contributed by atoms with Gasteiger partial charge in [0, 0.05) is 37.5 Å². The Kier molecular flexibility index (Phi) is 6.55. The summed E-state index contributed by atoms with van der Waals surface area (Å²) < 4.78 is 19.0. The Hall–Kier alpha value is -2.14. The van der Waals surface area contributed by atoms with Crippen LogP contribution in [0.4, 0.5) is 4.39 Å². The molecule has 2 heterocycles. The molecule has 2 unspecified atom stereocenters. The second kappa shape index (κ2) is 8.91. The Bertz CT molecular complexity index is 755. The highest BCUT2D eigenvalue weighted by Crippen LogP contribution is 2.35. The van der Waals surface area contributed by atoms with Crippen LogP contribution in [0.25, 0.3) is 0 Å². The molecule has 0 spiro atoms. The van der Waals surface area contributed by atoms with Gasteiger partial charge < -0.3 is 9.32 Å². The van der Waals surface area contributed by atoms with Crippen molar-refractivity contribution in [2.75, 3.05) is 19.6 Å². The third-order valence-electron chi connectivity index (χ3n) is 5.61. The maximum Gasteiger partial charge on any atom is 0.225 e. The minimum Gasteiger partial charge on any atom is -0.468 e. The molecule has 1 aliphatic rings. The molecule has 1 saturated heterocycles. The zero-order valence-corrected chi connectivity index (χ0v) is 17.3. The largest absolute Gasteiger partial charge is 0.468 e. The van der Waals surface area contributed by atoms with Gasteiger partial charge in [-0.1, -0.05) is 26.0 Å². The lowest BCUT2D eigenvalue weighted by Crippen LogP contribution is -2.43. The van der Waals surface area contributed by atoms with Crippen LogP contribution < -0.4 is 0 Å². The van der Waals surface area contributed by atoms with Gasteiger partial charge in [-0.25, -0.2) is 4.39 Å². The Labute approximate surface area is 167 Å². The van der Waals surface area contributed by atoms with Crippen LogP contribution in [0.1, 0.15) is 44.9 Å². The highest BCUT2D eigenvalue weighted by atomic mass is 19.1. The van der Waals surface area contributed by atoms with Crippen molar-refractivity contribution < 1.29 is 13.6 Å². The highest BCUT2D eigenvalue weighted by molar-refractivity contribution is 5.78. The molecule has 1 fully saturated rings. The van der Waals surface area contributed by atoms with Crippen molar-refractivity contribution in [1.82, 2.24) is 9.80 Å². The minimum atomic E-state index is -0.218. The maximum atomic E-state index is 13.4. The smallest absolute Gasteiger partial charge is 0.225 e. The van der Waals surface area contributed by atoms with E-state index in [-0.39, 0.29) is 29.6 Å². The number of hydrogen-bond donors (Lipinski definition) is 0. The fraction of sp³-hybridized carbons (Fsp3) is 0.522. The lowest BCUT2D eigenvalue weighted by Gasteiger charge is -2.33. The zero-order chi connectivity index (χ0) is 20.3. The van der Waals surface area contributed by atoms with Crippen molar-refractivity contribution in [3.63, 3.8) is 0 Å². The Morgan fingerprint density at radius 3 is 2.46 bits per heavy atom. The lowest BCUT2D eigenvalue weighted by atomic mass is 9.88. The Morgan fingerprint density at radius 1 is 1.18 bits per heavy atom. The van der Waals surface area contributed by atoms with E-state index < -0.39 is 0 Å². The van der Waals surface area contributed by atoms with E-state index in [0.29, 0.717) is 12.5 Å². The van der Waals surface area contributed by atoms with E-state index in [4.69, 9.17) is 4.42 Å². The molecule has 1 aromatic heterocycles. The summed E-state index contributed by atoms with van der Waals surface area (Å²) in [6, 6.07) is 10.9. The fourth-order valence-electron chi connectivity index (χ4n) is 4.12. The molecule has 0 N–H and O–H groups in total. The molecule has 152 valence electrons. The number of furan rings is 1. The van der Waals surface area contributed by atoms with Crippen molar-refractivity contribution in [3.8, 4) is 0 Å². The van der Waals surface area contributed by atoms with Crippen molar-refractivity contribution >= 4 is 5.91 Å². The summed E-state index contributed by atoms with van der Waals surface area (Å²) in [6.07, 6.45) is 1.70. The van der Waals surface area contributed by atoms with Crippen LogP contribution >= 0.6 is 0 Å². The second-order valence-electron chi connectivity index (χ2n) is 8.43. The number of nitrogens with zero attached hydrogens (tertiary/aromatic N) is 2. The predicted octanol–water partition coefficient (Wildman–Crippen LogP) is 4.53. The van der Waals surface area contributed by atoms with Crippen LogP contribution in [0.15, 0.2) is 47.1 Å². The van der Waals surface area contributed by atoms with Gasteiger partial charge in [-0.05, 0) is 49.6 Å². The van der Waals surface area contributed by atoms with E-state index in [1.165, 1.54) is 12.1 Å². The number of carbonyl (C=O) groups excluding carboxylic acids is 1. The van der Waals surface area contributed by atoms with Crippen molar-refractivity contribution in [2.24, 2.45) is 11.8 Å². The minimum absolute atomic E-state index is 0.0210. The van der Waals surface area contributed by atoms with Crippen LogP contribution in [0.3, 0.4) is 0 Å². The molecule has 1 aliphatic heterocycles. The molecule has 2 aromatic rings. The van der Waals surface area contributed by atoms with E-state index in [9.17, 15) is 9.18 Å². The Balaban J connectivity index is 1.81. The first-order valence-corrected chi connectivity index (χ1v) is 10.2. The summed E-state index contributed by atoms with van der Waals surface area (Å²) in [6.45, 7) is 11.3. The Morgan fingerprint density at radius 2 is 1.89 bits per heavy atom. The quantitative estimate of drug-likeness (QED) is 0.702. The number of carbonyl (C=O) groups is 1. The molecule has 4 nitrogen and oxygen atoms in total. The highest BCUT2D eigenvalue weighted by Gasteiger charge is 2.36. The van der Waals surface area contributed by atoms with Crippen LogP contribution in [-0.4, -0.2) is 41.4 Å².